The highest BCUT2D eigenvalue weighted by atomic mass is 19.1. The van der Waals surface area contributed by atoms with Crippen molar-refractivity contribution in [2.75, 3.05) is 12.8 Å². The zero-order chi connectivity index (χ0) is 13.8. The molecule has 0 radical (unpaired) electrons. The number of anilines is 1. The van der Waals surface area contributed by atoms with E-state index in [1.54, 1.807) is 0 Å². The Morgan fingerprint density at radius 3 is 2.63 bits per heavy atom. The van der Waals surface area contributed by atoms with Gasteiger partial charge in [0.15, 0.2) is 0 Å². The molecule has 5 nitrogen and oxygen atoms in total. The zero-order valence-corrected chi connectivity index (χ0v) is 10.1. The fraction of sp³-hybridized carbons (Fsp3) is 0.0769. The van der Waals surface area contributed by atoms with Crippen LogP contribution in [0, 0.1) is 5.82 Å². The Morgan fingerprint density at radius 1 is 1.32 bits per heavy atom. The van der Waals surface area contributed by atoms with Crippen LogP contribution in [-0.2, 0) is 4.74 Å². The molecule has 1 aromatic carbocycles. The van der Waals surface area contributed by atoms with Gasteiger partial charge in [0, 0.05) is 0 Å². The number of rotatable bonds is 3. The highest BCUT2D eigenvalue weighted by Gasteiger charge is 2.15. The van der Waals surface area contributed by atoms with Gasteiger partial charge >= 0.3 is 5.97 Å². The molecule has 98 valence electrons. The topological polar surface area (TPSA) is 74.4 Å². The first-order valence-corrected chi connectivity index (χ1v) is 5.37. The molecule has 2 rings (SSSR count). The summed E-state index contributed by atoms with van der Waals surface area (Å²) in [5.41, 5.74) is 5.97. The second kappa shape index (κ2) is 5.34. The quantitative estimate of drug-likeness (QED) is 0.859. The number of carbonyl (C=O) groups is 1. The number of hydrogen-bond donors (Lipinski definition) is 1. The molecule has 0 fully saturated rings. The molecule has 2 N–H and O–H groups in total. The van der Waals surface area contributed by atoms with Gasteiger partial charge in [-0.05, 0) is 30.3 Å². The first kappa shape index (κ1) is 12.8. The molecule has 2 aromatic rings. The minimum absolute atomic E-state index is 0.0488. The SMILES string of the molecule is COC(=O)c1cc(N)cnc1Oc1ccc(F)cc1. The van der Waals surface area contributed by atoms with Crippen molar-refractivity contribution in [2.24, 2.45) is 0 Å². The smallest absolute Gasteiger partial charge is 0.343 e. The van der Waals surface area contributed by atoms with Crippen LogP contribution in [0.1, 0.15) is 10.4 Å². The molecule has 1 aromatic heterocycles. The van der Waals surface area contributed by atoms with Crippen LogP contribution < -0.4 is 10.5 Å². The zero-order valence-electron chi connectivity index (χ0n) is 10.1. The molecule has 0 amide bonds. The molecular weight excluding hydrogens is 251 g/mol. The lowest BCUT2D eigenvalue weighted by Gasteiger charge is -2.09. The van der Waals surface area contributed by atoms with Crippen molar-refractivity contribution in [3.8, 4) is 11.6 Å². The van der Waals surface area contributed by atoms with Gasteiger partial charge in [-0.15, -0.1) is 0 Å². The molecule has 1 heterocycles. The predicted octanol–water partition coefficient (Wildman–Crippen LogP) is 2.38. The van der Waals surface area contributed by atoms with Gasteiger partial charge < -0.3 is 15.2 Å². The lowest BCUT2D eigenvalue weighted by atomic mass is 10.2. The van der Waals surface area contributed by atoms with Crippen molar-refractivity contribution in [2.45, 2.75) is 0 Å². The molecule has 6 heteroatoms. The van der Waals surface area contributed by atoms with Crippen LogP contribution in [-0.4, -0.2) is 18.1 Å². The highest BCUT2D eigenvalue weighted by Crippen LogP contribution is 2.25. The van der Waals surface area contributed by atoms with Crippen LogP contribution in [0.5, 0.6) is 11.6 Å². The number of nitrogens with two attached hydrogens (primary N) is 1. The molecule has 0 aliphatic heterocycles. The third kappa shape index (κ3) is 2.98. The summed E-state index contributed by atoms with van der Waals surface area (Å²) in [6.07, 6.45) is 1.35. The third-order valence-electron chi connectivity index (χ3n) is 2.31. The number of ether oxygens (including phenoxy) is 2. The van der Waals surface area contributed by atoms with Gasteiger partial charge in [-0.1, -0.05) is 0 Å². The fourth-order valence-corrected chi connectivity index (χ4v) is 1.42. The summed E-state index contributed by atoms with van der Waals surface area (Å²) in [5.74, 6) is -0.598. The molecule has 0 saturated heterocycles. The number of nitrogen functional groups attached to an aromatic ring is 1. The minimum atomic E-state index is -0.614. The Kier molecular flexibility index (Phi) is 3.61. The maximum absolute atomic E-state index is 12.8. The van der Waals surface area contributed by atoms with Crippen LogP contribution in [0.4, 0.5) is 10.1 Å². The largest absolute Gasteiger partial charge is 0.465 e. The number of methoxy groups -OCH3 is 1. The molecule has 0 bridgehead atoms. The van der Waals surface area contributed by atoms with E-state index in [4.69, 9.17) is 10.5 Å². The van der Waals surface area contributed by atoms with Crippen LogP contribution in [0.3, 0.4) is 0 Å². The standard InChI is InChI=1S/C13H11FN2O3/c1-18-13(17)11-6-9(15)7-16-12(11)19-10-4-2-8(14)3-5-10/h2-7H,15H2,1H3. The number of hydrogen-bond acceptors (Lipinski definition) is 5. The van der Waals surface area contributed by atoms with E-state index in [9.17, 15) is 9.18 Å². The average molecular weight is 262 g/mol. The Labute approximate surface area is 108 Å². The van der Waals surface area contributed by atoms with E-state index < -0.39 is 5.97 Å². The van der Waals surface area contributed by atoms with Crippen LogP contribution in [0.25, 0.3) is 0 Å². The number of carbonyl (C=O) groups excluding carboxylic acids is 1. The maximum Gasteiger partial charge on any atom is 0.343 e. The van der Waals surface area contributed by atoms with Gasteiger partial charge in [0.25, 0.3) is 0 Å². The number of nitrogens with zero attached hydrogens (tertiary/aromatic N) is 1. The summed E-state index contributed by atoms with van der Waals surface area (Å²) in [7, 11) is 1.24. The maximum atomic E-state index is 12.8. The molecule has 0 saturated carbocycles. The number of aromatic nitrogens is 1. The normalized spacial score (nSPS) is 10.0. The van der Waals surface area contributed by atoms with Gasteiger partial charge in [0.2, 0.25) is 5.88 Å². The Balaban J connectivity index is 2.34. The minimum Gasteiger partial charge on any atom is -0.465 e. The summed E-state index contributed by atoms with van der Waals surface area (Å²) >= 11 is 0. The van der Waals surface area contributed by atoms with E-state index in [1.165, 1.54) is 43.6 Å². The van der Waals surface area contributed by atoms with Gasteiger partial charge in [-0.2, -0.15) is 0 Å². The molecule has 19 heavy (non-hydrogen) atoms. The lowest BCUT2D eigenvalue weighted by molar-refractivity contribution is 0.0597. The fourth-order valence-electron chi connectivity index (χ4n) is 1.42. The number of pyridine rings is 1. The number of benzene rings is 1. The van der Waals surface area contributed by atoms with Crippen molar-refractivity contribution < 1.29 is 18.7 Å². The molecule has 0 aliphatic rings. The van der Waals surface area contributed by atoms with E-state index in [2.05, 4.69) is 9.72 Å². The third-order valence-corrected chi connectivity index (χ3v) is 2.31. The van der Waals surface area contributed by atoms with Gasteiger partial charge in [-0.25, -0.2) is 14.2 Å². The van der Waals surface area contributed by atoms with Crippen LogP contribution in [0.15, 0.2) is 36.5 Å². The van der Waals surface area contributed by atoms with Crippen molar-refractivity contribution in [1.82, 2.24) is 4.98 Å². The van der Waals surface area contributed by atoms with E-state index in [-0.39, 0.29) is 17.3 Å². The first-order valence-electron chi connectivity index (χ1n) is 5.37. The monoisotopic (exact) mass is 262 g/mol. The predicted molar refractivity (Wildman–Crippen MR) is 66.5 cm³/mol. The van der Waals surface area contributed by atoms with Crippen LogP contribution in [0.2, 0.25) is 0 Å². The highest BCUT2D eigenvalue weighted by molar-refractivity contribution is 5.92. The summed E-state index contributed by atoms with van der Waals surface area (Å²) < 4.78 is 22.8. The number of halogens is 1. The van der Waals surface area contributed by atoms with Crippen molar-refractivity contribution in [3.63, 3.8) is 0 Å². The summed E-state index contributed by atoms with van der Waals surface area (Å²) in [5, 5.41) is 0. The number of esters is 1. The van der Waals surface area contributed by atoms with Gasteiger partial charge in [-0.3, -0.25) is 0 Å². The molecular formula is C13H11FN2O3. The van der Waals surface area contributed by atoms with Crippen molar-refractivity contribution in [1.29, 1.82) is 0 Å². The summed E-state index contributed by atoms with van der Waals surface area (Å²) in [4.78, 5) is 15.5. The van der Waals surface area contributed by atoms with Crippen LogP contribution >= 0.6 is 0 Å². The van der Waals surface area contributed by atoms with Gasteiger partial charge in [0.1, 0.15) is 17.1 Å². The molecule has 0 atom stereocenters. The van der Waals surface area contributed by atoms with E-state index >= 15 is 0 Å². The van der Waals surface area contributed by atoms with Gasteiger partial charge in [0.05, 0.1) is 19.0 Å². The Hall–Kier alpha value is -2.63. The summed E-state index contributed by atoms with van der Waals surface area (Å²) in [6.45, 7) is 0. The van der Waals surface area contributed by atoms with Crippen molar-refractivity contribution >= 4 is 11.7 Å². The van der Waals surface area contributed by atoms with E-state index in [0.717, 1.165) is 0 Å². The second-order valence-corrected chi connectivity index (χ2v) is 3.67. The molecule has 0 aliphatic carbocycles. The van der Waals surface area contributed by atoms with E-state index in [0.29, 0.717) is 11.4 Å². The Morgan fingerprint density at radius 2 is 2.00 bits per heavy atom. The second-order valence-electron chi connectivity index (χ2n) is 3.67. The first-order chi connectivity index (χ1) is 9.10. The summed E-state index contributed by atoms with van der Waals surface area (Å²) in [6, 6.07) is 6.73. The molecule has 0 spiro atoms. The lowest BCUT2D eigenvalue weighted by Crippen LogP contribution is -2.06. The van der Waals surface area contributed by atoms with Crippen molar-refractivity contribution in [3.05, 3.63) is 47.9 Å². The average Bonchev–Trinajstić information content (AvgIpc) is 2.42. The Bertz CT molecular complexity index is 599. The van der Waals surface area contributed by atoms with E-state index in [1.807, 2.05) is 0 Å². The molecule has 0 unspecified atom stereocenters.